The van der Waals surface area contributed by atoms with Crippen molar-refractivity contribution in [3.8, 4) is 0 Å². The molecule has 8 unspecified atom stereocenters. The van der Waals surface area contributed by atoms with E-state index >= 15 is 0 Å². The molecule has 41 heavy (non-hydrogen) atoms. The zero-order chi connectivity index (χ0) is 30.3. The first-order chi connectivity index (χ1) is 19.0. The molecule has 0 radical (unpaired) electrons. The normalized spacial score (nSPS) is 32.2. The number of phosphoric acid groups is 2. The molecule has 0 aliphatic carbocycles. The van der Waals surface area contributed by atoms with Crippen LogP contribution in [0.5, 0.6) is 0 Å². The number of aryl methyl sites for hydroxylation is 1. The number of rotatable bonds is 10. The van der Waals surface area contributed by atoms with Gasteiger partial charge in [0, 0.05) is 31.1 Å². The van der Waals surface area contributed by atoms with Gasteiger partial charge in [0.2, 0.25) is 5.91 Å². The lowest BCUT2D eigenvalue weighted by atomic mass is 10.1. The highest BCUT2D eigenvalue weighted by Gasteiger charge is 2.47. The minimum absolute atomic E-state index is 0.0537. The van der Waals surface area contributed by atoms with Crippen molar-refractivity contribution in [3.63, 3.8) is 0 Å². The molecular formula is C20H30N4O15P2. The lowest BCUT2D eigenvalue weighted by molar-refractivity contribution is -0.128. The molecule has 4 rings (SSSR count). The zero-order valence-electron chi connectivity index (χ0n) is 21.7. The molecule has 3 amide bonds. The van der Waals surface area contributed by atoms with E-state index in [4.69, 9.17) is 28.3 Å². The standard InChI is InChI=1S/C20H30N4O15P2/c1-9-5-23(19(28)21-16(9)26)15-4-13(14(38-15)8-35-40(30,31)32)39-41(33,34)36-7-11-3-12(25)18(37-11)24-6-10(2)17(27)22-20(24)29/h6,9,11-15,18,25H,3-5,7-8H2,1-2H3,(H,33,34)(H,21,26,28)(H,22,27,29)(H2,30,31,32). The molecule has 6 N–H and O–H groups in total. The molecule has 0 aromatic carbocycles. The molecular weight excluding hydrogens is 598 g/mol. The summed E-state index contributed by atoms with van der Waals surface area (Å²) in [5.74, 6) is -1.11. The number of aromatic amines is 1. The summed E-state index contributed by atoms with van der Waals surface area (Å²) in [5, 5.41) is 12.5. The molecule has 19 nitrogen and oxygen atoms in total. The molecule has 0 saturated carbocycles. The highest BCUT2D eigenvalue weighted by molar-refractivity contribution is 7.47. The lowest BCUT2D eigenvalue weighted by Gasteiger charge is -2.34. The van der Waals surface area contributed by atoms with Crippen LogP contribution in [0.25, 0.3) is 0 Å². The summed E-state index contributed by atoms with van der Waals surface area (Å²) in [6.07, 6.45) is -6.35. The molecule has 3 aliphatic rings. The molecule has 4 heterocycles. The van der Waals surface area contributed by atoms with E-state index in [0.717, 1.165) is 9.47 Å². The van der Waals surface area contributed by atoms with Crippen LogP contribution in [0.1, 0.15) is 31.6 Å². The van der Waals surface area contributed by atoms with Gasteiger partial charge in [-0.05, 0) is 6.92 Å². The van der Waals surface area contributed by atoms with Crippen LogP contribution in [0.15, 0.2) is 15.8 Å². The number of nitrogens with one attached hydrogen (secondary N) is 2. The van der Waals surface area contributed by atoms with E-state index in [1.54, 1.807) is 6.92 Å². The van der Waals surface area contributed by atoms with Crippen molar-refractivity contribution in [1.82, 2.24) is 19.8 Å². The first-order valence-corrected chi connectivity index (χ1v) is 15.3. The Morgan fingerprint density at radius 1 is 1.07 bits per heavy atom. The molecule has 8 atom stereocenters. The van der Waals surface area contributed by atoms with Crippen molar-refractivity contribution < 1.29 is 61.6 Å². The second-order valence-corrected chi connectivity index (χ2v) is 12.5. The fourth-order valence-corrected chi connectivity index (χ4v) is 5.90. The SMILES string of the molecule is Cc1cn(C2OC(COP(=O)(O)OC3CC(N4CC(C)C(=O)NC4=O)OC3COP(=O)(O)O)CC2O)c(=O)[nH]c1=O. The number of urea groups is 1. The van der Waals surface area contributed by atoms with Crippen LogP contribution in [0.2, 0.25) is 0 Å². The van der Waals surface area contributed by atoms with Gasteiger partial charge in [-0.25, -0.2) is 18.7 Å². The van der Waals surface area contributed by atoms with Gasteiger partial charge in [-0.2, -0.15) is 0 Å². The molecule has 230 valence electrons. The molecule has 0 spiro atoms. The van der Waals surface area contributed by atoms with Gasteiger partial charge in [0.15, 0.2) is 6.23 Å². The van der Waals surface area contributed by atoms with E-state index in [1.165, 1.54) is 13.1 Å². The van der Waals surface area contributed by atoms with Gasteiger partial charge in [-0.1, -0.05) is 6.92 Å². The highest BCUT2D eigenvalue weighted by atomic mass is 31.2. The third kappa shape index (κ3) is 7.77. The van der Waals surface area contributed by atoms with Crippen molar-refractivity contribution >= 4 is 27.6 Å². The van der Waals surface area contributed by atoms with Gasteiger partial charge in [0.1, 0.15) is 24.5 Å². The zero-order valence-corrected chi connectivity index (χ0v) is 23.5. The molecule has 3 aliphatic heterocycles. The number of phosphoric ester groups is 2. The maximum atomic E-state index is 12.8. The number of hydrogen-bond donors (Lipinski definition) is 6. The minimum atomic E-state index is -4.97. The largest absolute Gasteiger partial charge is 0.472 e. The van der Waals surface area contributed by atoms with Crippen molar-refractivity contribution in [1.29, 1.82) is 0 Å². The fourth-order valence-electron chi connectivity index (χ4n) is 4.58. The Morgan fingerprint density at radius 2 is 1.78 bits per heavy atom. The van der Waals surface area contributed by atoms with Crippen LogP contribution in [0.4, 0.5) is 4.79 Å². The highest BCUT2D eigenvalue weighted by Crippen LogP contribution is 2.49. The lowest BCUT2D eigenvalue weighted by Crippen LogP contribution is -2.57. The molecule has 0 bridgehead atoms. The van der Waals surface area contributed by atoms with E-state index in [2.05, 4.69) is 14.8 Å². The number of aromatic nitrogens is 2. The Balaban J connectivity index is 1.40. The second-order valence-electron chi connectivity index (χ2n) is 9.84. The summed E-state index contributed by atoms with van der Waals surface area (Å²) in [7, 11) is -9.89. The fraction of sp³-hybridized carbons (Fsp3) is 0.700. The van der Waals surface area contributed by atoms with Crippen LogP contribution in [-0.4, -0.2) is 96.6 Å². The minimum Gasteiger partial charge on any atom is -0.388 e. The summed E-state index contributed by atoms with van der Waals surface area (Å²) in [5.41, 5.74) is -1.25. The molecule has 3 saturated heterocycles. The number of hydrogen-bond acceptors (Lipinski definition) is 12. The predicted molar refractivity (Wildman–Crippen MR) is 132 cm³/mol. The second kappa shape index (κ2) is 12.1. The monoisotopic (exact) mass is 628 g/mol. The van der Waals surface area contributed by atoms with Gasteiger partial charge in [0.05, 0.1) is 25.2 Å². The van der Waals surface area contributed by atoms with Gasteiger partial charge >= 0.3 is 27.4 Å². The van der Waals surface area contributed by atoms with Crippen molar-refractivity contribution in [3.05, 3.63) is 32.6 Å². The summed E-state index contributed by atoms with van der Waals surface area (Å²) >= 11 is 0. The van der Waals surface area contributed by atoms with Gasteiger partial charge in [0.25, 0.3) is 5.56 Å². The summed E-state index contributed by atoms with van der Waals surface area (Å²) in [6.45, 7) is 1.60. The molecule has 1 aromatic heterocycles. The third-order valence-electron chi connectivity index (χ3n) is 6.62. The topological polar surface area (TPSA) is 265 Å². The Bertz CT molecular complexity index is 1380. The number of H-pyrrole nitrogens is 1. The quantitative estimate of drug-likeness (QED) is 0.159. The number of nitrogens with zero attached hydrogens (tertiary/aromatic N) is 2. The Labute approximate surface area is 231 Å². The summed E-state index contributed by atoms with van der Waals surface area (Å²) in [4.78, 5) is 79.6. The number of imide groups is 1. The Kier molecular flexibility index (Phi) is 9.37. The molecule has 21 heteroatoms. The Hall–Kier alpha value is -2.28. The average Bonchev–Trinajstić information content (AvgIpc) is 3.43. The van der Waals surface area contributed by atoms with Crippen molar-refractivity contribution in [2.24, 2.45) is 5.92 Å². The van der Waals surface area contributed by atoms with Crippen LogP contribution >= 0.6 is 15.6 Å². The number of carbonyl (C=O) groups is 2. The smallest absolute Gasteiger partial charge is 0.388 e. The predicted octanol–water partition coefficient (Wildman–Crippen LogP) is -1.59. The first-order valence-electron chi connectivity index (χ1n) is 12.3. The van der Waals surface area contributed by atoms with Crippen LogP contribution in [-0.2, 0) is 37.0 Å². The van der Waals surface area contributed by atoms with E-state index in [1.807, 2.05) is 0 Å². The third-order valence-corrected chi connectivity index (χ3v) is 8.12. The maximum Gasteiger partial charge on any atom is 0.472 e. The van der Waals surface area contributed by atoms with Crippen LogP contribution < -0.4 is 16.6 Å². The molecule has 3 fully saturated rings. The summed E-state index contributed by atoms with van der Waals surface area (Å²) < 4.78 is 50.9. The first kappa shape index (κ1) is 31.7. The summed E-state index contributed by atoms with van der Waals surface area (Å²) in [6, 6.07) is -0.792. The van der Waals surface area contributed by atoms with Crippen LogP contribution in [0, 0.1) is 12.8 Å². The average molecular weight is 628 g/mol. The van der Waals surface area contributed by atoms with Crippen molar-refractivity contribution in [2.75, 3.05) is 19.8 Å². The van der Waals surface area contributed by atoms with Gasteiger partial charge < -0.3 is 29.3 Å². The van der Waals surface area contributed by atoms with Gasteiger partial charge in [-0.3, -0.25) is 42.9 Å². The maximum absolute atomic E-state index is 12.8. The van der Waals surface area contributed by atoms with E-state index < -0.39 is 94.8 Å². The van der Waals surface area contributed by atoms with E-state index in [9.17, 15) is 38.3 Å². The Morgan fingerprint density at radius 3 is 2.46 bits per heavy atom. The number of aliphatic hydroxyl groups is 1. The number of amides is 3. The van der Waals surface area contributed by atoms with Gasteiger partial charge in [-0.15, -0.1) is 0 Å². The van der Waals surface area contributed by atoms with Crippen molar-refractivity contribution in [2.45, 2.75) is 63.6 Å². The molecule has 1 aromatic rings. The van der Waals surface area contributed by atoms with E-state index in [-0.39, 0.29) is 24.9 Å². The number of ether oxygens (including phenoxy) is 2. The van der Waals surface area contributed by atoms with E-state index in [0.29, 0.717) is 0 Å². The number of carbonyl (C=O) groups excluding carboxylic acids is 2. The number of aliphatic hydroxyl groups excluding tert-OH is 1. The van der Waals surface area contributed by atoms with Crippen LogP contribution in [0.3, 0.4) is 0 Å².